The normalized spacial score (nSPS) is 20.8. The maximum atomic E-state index is 12.2. The van der Waals surface area contributed by atoms with E-state index >= 15 is 0 Å². The summed E-state index contributed by atoms with van der Waals surface area (Å²) in [6.45, 7) is 0. The Labute approximate surface area is 149 Å². The van der Waals surface area contributed by atoms with Crippen molar-refractivity contribution in [3.05, 3.63) is 47.2 Å². The predicted octanol–water partition coefficient (Wildman–Crippen LogP) is 3.47. The fraction of sp³-hybridized carbons (Fsp3) is 0.389. The Morgan fingerprint density at radius 1 is 1.24 bits per heavy atom. The molecule has 0 spiro atoms. The molecule has 0 unspecified atom stereocenters. The molecule has 0 saturated heterocycles. The number of thioether (sulfide) groups is 1. The Kier molecular flexibility index (Phi) is 4.25. The number of carbonyl (C=O) groups is 2. The van der Waals surface area contributed by atoms with Gasteiger partial charge in [-0.15, -0.1) is 11.8 Å². The summed E-state index contributed by atoms with van der Waals surface area (Å²) >= 11 is 1.55. The van der Waals surface area contributed by atoms with Crippen LogP contribution in [0.2, 0.25) is 0 Å². The number of anilines is 1. The van der Waals surface area contributed by atoms with Gasteiger partial charge in [0.1, 0.15) is 5.82 Å². The number of aromatic nitrogens is 2. The molecular weight excluding hydrogens is 338 g/mol. The lowest BCUT2D eigenvalue weighted by Gasteiger charge is -2.16. The molecule has 1 fully saturated rings. The van der Waals surface area contributed by atoms with E-state index in [-0.39, 0.29) is 16.7 Å². The van der Waals surface area contributed by atoms with Gasteiger partial charge >= 0.3 is 5.97 Å². The summed E-state index contributed by atoms with van der Waals surface area (Å²) < 4.78 is 1.98. The second-order valence-corrected chi connectivity index (χ2v) is 7.59. The molecule has 0 bridgehead atoms. The van der Waals surface area contributed by atoms with Gasteiger partial charge in [-0.05, 0) is 30.5 Å². The topological polar surface area (TPSA) is 84.2 Å². The van der Waals surface area contributed by atoms with Crippen molar-refractivity contribution in [3.8, 4) is 0 Å². The molecule has 1 aromatic carbocycles. The number of hydrogen-bond acceptors (Lipinski definition) is 4. The van der Waals surface area contributed by atoms with Gasteiger partial charge in [0.25, 0.3) is 0 Å². The summed E-state index contributed by atoms with van der Waals surface area (Å²) in [7, 11) is 0. The molecule has 0 radical (unpaired) electrons. The predicted molar refractivity (Wildman–Crippen MR) is 96.1 cm³/mol. The van der Waals surface area contributed by atoms with Crippen LogP contribution in [0.3, 0.4) is 0 Å². The molecule has 25 heavy (non-hydrogen) atoms. The number of nitrogens with zero attached hydrogens (tertiary/aromatic N) is 2. The molecule has 1 atom stereocenters. The van der Waals surface area contributed by atoms with Crippen molar-refractivity contribution in [2.24, 2.45) is 0 Å². The van der Waals surface area contributed by atoms with Gasteiger partial charge in [-0.25, -0.2) is 9.48 Å². The molecule has 2 aromatic rings. The summed E-state index contributed by atoms with van der Waals surface area (Å²) in [6, 6.07) is 7.22. The second-order valence-electron chi connectivity index (χ2n) is 6.50. The Morgan fingerprint density at radius 2 is 1.96 bits per heavy atom. The van der Waals surface area contributed by atoms with Crippen molar-refractivity contribution in [1.82, 2.24) is 9.78 Å². The van der Waals surface area contributed by atoms with Crippen LogP contribution in [0.25, 0.3) is 0 Å². The Hall–Kier alpha value is -2.28. The van der Waals surface area contributed by atoms with E-state index in [1.807, 2.05) is 23.0 Å². The zero-order valence-electron chi connectivity index (χ0n) is 13.6. The quantitative estimate of drug-likeness (QED) is 0.879. The summed E-state index contributed by atoms with van der Waals surface area (Å²) in [5.41, 5.74) is 2.24. The highest BCUT2D eigenvalue weighted by Crippen LogP contribution is 2.43. The summed E-state index contributed by atoms with van der Waals surface area (Å²) in [5, 5.41) is 16.6. The van der Waals surface area contributed by atoms with Crippen molar-refractivity contribution < 1.29 is 14.7 Å². The van der Waals surface area contributed by atoms with Crippen molar-refractivity contribution >= 4 is 29.5 Å². The molecule has 4 rings (SSSR count). The second kappa shape index (κ2) is 6.55. The number of nitrogens with one attached hydrogen (secondary N) is 1. The van der Waals surface area contributed by atoms with Gasteiger partial charge in [0.2, 0.25) is 5.91 Å². The standard InChI is InChI=1S/C18H19N3O3S/c22-15-10-25-16(11-5-7-12(8-6-11)18(23)24)14-9-19-21(17(14)20-15)13-3-1-2-4-13/h5-9,13,16H,1-4,10H2,(H,20,22)(H,23,24)/t16-/m0/s1. The third kappa shape index (κ3) is 3.04. The van der Waals surface area contributed by atoms with Gasteiger partial charge in [-0.2, -0.15) is 5.10 Å². The van der Waals surface area contributed by atoms with E-state index in [1.54, 1.807) is 23.9 Å². The first-order chi connectivity index (χ1) is 12.1. The van der Waals surface area contributed by atoms with Crippen LogP contribution in [0, 0.1) is 0 Å². The molecule has 1 aromatic heterocycles. The van der Waals surface area contributed by atoms with Crippen LogP contribution >= 0.6 is 11.8 Å². The van der Waals surface area contributed by atoms with Gasteiger partial charge in [-0.3, -0.25) is 4.79 Å². The minimum atomic E-state index is -0.938. The zero-order valence-corrected chi connectivity index (χ0v) is 14.5. The van der Waals surface area contributed by atoms with E-state index in [4.69, 9.17) is 5.11 Å². The summed E-state index contributed by atoms with van der Waals surface area (Å²) in [6.07, 6.45) is 6.43. The third-order valence-corrected chi connectivity index (χ3v) is 6.16. The average Bonchev–Trinajstić information content (AvgIpc) is 3.23. The van der Waals surface area contributed by atoms with Crippen LogP contribution in [-0.2, 0) is 4.79 Å². The van der Waals surface area contributed by atoms with Gasteiger partial charge < -0.3 is 10.4 Å². The molecule has 1 aliphatic heterocycles. The molecule has 1 saturated carbocycles. The number of carbonyl (C=O) groups excluding carboxylic acids is 1. The van der Waals surface area contributed by atoms with Crippen LogP contribution in [0.1, 0.15) is 58.5 Å². The largest absolute Gasteiger partial charge is 0.478 e. The van der Waals surface area contributed by atoms with Gasteiger partial charge in [0.15, 0.2) is 0 Å². The van der Waals surface area contributed by atoms with E-state index in [9.17, 15) is 9.59 Å². The molecule has 1 amide bonds. The SMILES string of the molecule is O=C1CS[C@@H](c2ccc(C(=O)O)cc2)c2cnn(C3CCCC3)c2N1. The number of hydrogen-bond donors (Lipinski definition) is 2. The smallest absolute Gasteiger partial charge is 0.335 e. The fourth-order valence-electron chi connectivity index (χ4n) is 3.62. The van der Waals surface area contributed by atoms with E-state index in [0.717, 1.165) is 29.8 Å². The Bertz CT molecular complexity index is 809. The highest BCUT2D eigenvalue weighted by atomic mass is 32.2. The van der Waals surface area contributed by atoms with Crippen molar-refractivity contribution in [2.45, 2.75) is 37.0 Å². The van der Waals surface area contributed by atoms with E-state index < -0.39 is 5.97 Å². The summed E-state index contributed by atoms with van der Waals surface area (Å²) in [5.74, 6) is 0.210. The lowest BCUT2D eigenvalue weighted by atomic mass is 10.0. The average molecular weight is 357 g/mol. The number of benzene rings is 1. The van der Waals surface area contributed by atoms with Crippen LogP contribution in [0.15, 0.2) is 30.5 Å². The van der Waals surface area contributed by atoms with Crippen LogP contribution in [-0.4, -0.2) is 32.5 Å². The number of aromatic carboxylic acids is 1. The molecule has 1 aliphatic carbocycles. The maximum absolute atomic E-state index is 12.2. The van der Waals surface area contributed by atoms with Crippen LogP contribution in [0.5, 0.6) is 0 Å². The number of carboxylic acids is 1. The number of fused-ring (bicyclic) bond motifs is 1. The van der Waals surface area contributed by atoms with Gasteiger partial charge in [0, 0.05) is 5.56 Å². The lowest BCUT2D eigenvalue weighted by molar-refractivity contribution is -0.113. The minimum absolute atomic E-state index is 0.0179. The minimum Gasteiger partial charge on any atom is -0.478 e. The highest BCUT2D eigenvalue weighted by molar-refractivity contribution is 8.00. The first kappa shape index (κ1) is 16.2. The molecular formula is C18H19N3O3S. The van der Waals surface area contributed by atoms with Crippen molar-refractivity contribution in [3.63, 3.8) is 0 Å². The molecule has 7 heteroatoms. The number of rotatable bonds is 3. The number of carboxylic acid groups (broad SMARTS) is 1. The van der Waals surface area contributed by atoms with Gasteiger partial charge in [0.05, 0.1) is 28.8 Å². The Balaban J connectivity index is 1.72. The van der Waals surface area contributed by atoms with Crippen LogP contribution in [0.4, 0.5) is 5.82 Å². The monoisotopic (exact) mass is 357 g/mol. The van der Waals surface area contributed by atoms with E-state index in [0.29, 0.717) is 11.8 Å². The molecule has 2 N–H and O–H groups in total. The molecule has 2 aliphatic rings. The Morgan fingerprint density at radius 3 is 2.64 bits per heavy atom. The zero-order chi connectivity index (χ0) is 17.4. The first-order valence-corrected chi connectivity index (χ1v) is 9.50. The summed E-state index contributed by atoms with van der Waals surface area (Å²) in [4.78, 5) is 23.2. The third-order valence-electron chi connectivity index (χ3n) is 4.88. The molecule has 130 valence electrons. The number of amides is 1. The van der Waals surface area contributed by atoms with Crippen LogP contribution < -0.4 is 5.32 Å². The first-order valence-electron chi connectivity index (χ1n) is 8.45. The molecule has 6 nitrogen and oxygen atoms in total. The maximum Gasteiger partial charge on any atom is 0.335 e. The molecule has 2 heterocycles. The lowest BCUT2D eigenvalue weighted by Crippen LogP contribution is -2.18. The van der Waals surface area contributed by atoms with Gasteiger partial charge in [-0.1, -0.05) is 25.0 Å². The van der Waals surface area contributed by atoms with Crippen molar-refractivity contribution in [2.75, 3.05) is 11.1 Å². The fourth-order valence-corrected chi connectivity index (χ4v) is 4.71. The van der Waals surface area contributed by atoms with E-state index in [2.05, 4.69) is 10.4 Å². The van der Waals surface area contributed by atoms with E-state index in [1.165, 1.54) is 12.8 Å². The van der Waals surface area contributed by atoms with Crippen molar-refractivity contribution in [1.29, 1.82) is 0 Å². The highest BCUT2D eigenvalue weighted by Gasteiger charge is 2.30.